The number of nitrogens with zero attached hydrogens (tertiary/aromatic N) is 1. The van der Waals surface area contributed by atoms with Crippen LogP contribution in [0.1, 0.15) is 23.2 Å². The van der Waals surface area contributed by atoms with E-state index >= 15 is 0 Å². The third-order valence-electron chi connectivity index (χ3n) is 4.38. The third kappa shape index (κ3) is 4.65. The van der Waals surface area contributed by atoms with Gasteiger partial charge in [-0.3, -0.25) is 9.59 Å². The molecule has 1 fully saturated rings. The summed E-state index contributed by atoms with van der Waals surface area (Å²) in [4.78, 5) is 26.2. The van der Waals surface area contributed by atoms with E-state index in [4.69, 9.17) is 16.3 Å². The van der Waals surface area contributed by atoms with Crippen molar-refractivity contribution in [3.63, 3.8) is 0 Å². The average molecular weight is 459 g/mol. The number of hydrogen-bond acceptors (Lipinski definition) is 3. The molecule has 27 heavy (non-hydrogen) atoms. The third-order valence-corrected chi connectivity index (χ3v) is 5.17. The molecular weight excluding hydrogens is 444 g/mol. The van der Waals surface area contributed by atoms with Gasteiger partial charge >= 0.3 is 5.97 Å². The van der Waals surface area contributed by atoms with Crippen LogP contribution in [0.3, 0.4) is 0 Å². The maximum atomic E-state index is 13.8. The fourth-order valence-electron chi connectivity index (χ4n) is 2.90. The van der Waals surface area contributed by atoms with Gasteiger partial charge in [0.15, 0.2) is 0 Å². The maximum absolute atomic E-state index is 13.8. The highest BCUT2D eigenvalue weighted by atomic mass is 79.9. The second-order valence-electron chi connectivity index (χ2n) is 6.19. The summed E-state index contributed by atoms with van der Waals surface area (Å²) < 4.78 is 32.9. The van der Waals surface area contributed by atoms with E-state index in [9.17, 15) is 18.4 Å². The lowest BCUT2D eigenvalue weighted by Crippen LogP contribution is -2.41. The summed E-state index contributed by atoms with van der Waals surface area (Å²) in [6, 6.07) is 7.79. The van der Waals surface area contributed by atoms with Gasteiger partial charge in [0, 0.05) is 23.6 Å². The molecule has 3 rings (SSSR count). The molecule has 0 unspecified atom stereocenters. The molecule has 0 aliphatic carbocycles. The van der Waals surface area contributed by atoms with Crippen LogP contribution in [0.4, 0.5) is 8.78 Å². The Labute approximate surface area is 168 Å². The summed E-state index contributed by atoms with van der Waals surface area (Å²) in [5.41, 5.74) is -0.181. The van der Waals surface area contributed by atoms with Gasteiger partial charge in [-0.25, -0.2) is 8.78 Å². The van der Waals surface area contributed by atoms with Crippen LogP contribution in [0.25, 0.3) is 0 Å². The number of hydrogen-bond donors (Lipinski definition) is 0. The van der Waals surface area contributed by atoms with Crippen LogP contribution in [-0.2, 0) is 4.79 Å². The predicted molar refractivity (Wildman–Crippen MR) is 99.8 cm³/mol. The highest BCUT2D eigenvalue weighted by Gasteiger charge is 2.30. The molecule has 2 aromatic rings. The first kappa shape index (κ1) is 19.8. The van der Waals surface area contributed by atoms with Crippen LogP contribution in [0.2, 0.25) is 5.02 Å². The maximum Gasteiger partial charge on any atom is 0.314 e. The van der Waals surface area contributed by atoms with Crippen molar-refractivity contribution in [3.8, 4) is 5.75 Å². The van der Waals surface area contributed by atoms with E-state index in [-0.39, 0.29) is 30.3 Å². The van der Waals surface area contributed by atoms with Crippen LogP contribution in [0, 0.1) is 17.6 Å². The largest absolute Gasteiger partial charge is 0.425 e. The van der Waals surface area contributed by atoms with Gasteiger partial charge in [0.25, 0.3) is 5.91 Å². The van der Waals surface area contributed by atoms with Crippen molar-refractivity contribution in [2.24, 2.45) is 5.92 Å². The molecule has 0 N–H and O–H groups in total. The van der Waals surface area contributed by atoms with E-state index in [1.165, 1.54) is 4.90 Å². The number of ether oxygens (including phenoxy) is 1. The van der Waals surface area contributed by atoms with E-state index in [0.29, 0.717) is 23.9 Å². The average Bonchev–Trinajstić information content (AvgIpc) is 2.63. The smallest absolute Gasteiger partial charge is 0.314 e. The van der Waals surface area contributed by atoms with Gasteiger partial charge in [-0.2, -0.15) is 0 Å². The molecule has 0 bridgehead atoms. The highest BCUT2D eigenvalue weighted by Crippen LogP contribution is 2.29. The first-order valence-corrected chi connectivity index (χ1v) is 9.43. The zero-order chi connectivity index (χ0) is 19.6. The second-order valence-corrected chi connectivity index (χ2v) is 7.51. The van der Waals surface area contributed by atoms with Gasteiger partial charge in [-0.15, -0.1) is 0 Å². The van der Waals surface area contributed by atoms with Crippen molar-refractivity contribution in [2.75, 3.05) is 13.1 Å². The minimum atomic E-state index is -0.897. The van der Waals surface area contributed by atoms with Gasteiger partial charge in [-0.05, 0) is 43.2 Å². The Hall–Kier alpha value is -1.99. The Bertz CT molecular complexity index is 885. The Balaban J connectivity index is 1.59. The van der Waals surface area contributed by atoms with Gasteiger partial charge in [0.05, 0.1) is 16.5 Å². The molecule has 1 aliphatic rings. The highest BCUT2D eigenvalue weighted by molar-refractivity contribution is 9.10. The standard InChI is InChI=1S/C19H15BrClF2NO3/c20-12-1-4-17(15(21)9-12)27-19(26)11-5-7-24(8-6-11)18(25)14-3-2-13(22)10-16(14)23/h1-4,9-11H,5-8H2. The number of esters is 1. The molecule has 1 amide bonds. The zero-order valence-electron chi connectivity index (χ0n) is 14.1. The lowest BCUT2D eigenvalue weighted by atomic mass is 9.96. The summed E-state index contributed by atoms with van der Waals surface area (Å²) in [5.74, 6) is -2.68. The molecule has 0 saturated carbocycles. The Kier molecular flexibility index (Phi) is 6.11. The molecular formula is C19H15BrClF2NO3. The van der Waals surface area contributed by atoms with Crippen molar-refractivity contribution in [3.05, 3.63) is 63.1 Å². The Morgan fingerprint density at radius 1 is 1.11 bits per heavy atom. The van der Waals surface area contributed by atoms with E-state index in [0.717, 1.165) is 16.6 Å². The number of piperidine rings is 1. The van der Waals surface area contributed by atoms with Crippen molar-refractivity contribution < 1.29 is 23.1 Å². The van der Waals surface area contributed by atoms with E-state index in [1.54, 1.807) is 18.2 Å². The number of carbonyl (C=O) groups excluding carboxylic acids is 2. The lowest BCUT2D eigenvalue weighted by molar-refractivity contribution is -0.140. The first-order valence-electron chi connectivity index (χ1n) is 8.26. The molecule has 0 aromatic heterocycles. The molecule has 0 spiro atoms. The van der Waals surface area contributed by atoms with Gasteiger partial charge < -0.3 is 9.64 Å². The van der Waals surface area contributed by atoms with Crippen LogP contribution in [0.5, 0.6) is 5.75 Å². The van der Waals surface area contributed by atoms with Crippen LogP contribution in [-0.4, -0.2) is 29.9 Å². The summed E-state index contributed by atoms with van der Waals surface area (Å²) in [7, 11) is 0. The molecule has 0 atom stereocenters. The number of benzene rings is 2. The number of amides is 1. The summed E-state index contributed by atoms with van der Waals surface area (Å²) >= 11 is 9.33. The Morgan fingerprint density at radius 2 is 1.81 bits per heavy atom. The number of carbonyl (C=O) groups is 2. The number of rotatable bonds is 3. The van der Waals surface area contributed by atoms with Crippen LogP contribution < -0.4 is 4.74 Å². The second kappa shape index (κ2) is 8.35. The predicted octanol–water partition coefficient (Wildman–Crippen LogP) is 4.84. The molecule has 8 heteroatoms. The molecule has 1 aliphatic heterocycles. The number of likely N-dealkylation sites (tertiary alicyclic amines) is 1. The summed E-state index contributed by atoms with van der Waals surface area (Å²) in [6.45, 7) is 0.562. The molecule has 142 valence electrons. The topological polar surface area (TPSA) is 46.6 Å². The monoisotopic (exact) mass is 457 g/mol. The summed E-state index contributed by atoms with van der Waals surface area (Å²) in [6.07, 6.45) is 0.781. The fraction of sp³-hybridized carbons (Fsp3) is 0.263. The van der Waals surface area contributed by atoms with Gasteiger partial charge in [0.2, 0.25) is 0 Å². The molecule has 4 nitrogen and oxygen atoms in total. The molecule has 1 heterocycles. The van der Waals surface area contributed by atoms with E-state index in [2.05, 4.69) is 15.9 Å². The minimum absolute atomic E-state index is 0.181. The quantitative estimate of drug-likeness (QED) is 0.488. The van der Waals surface area contributed by atoms with Crippen LogP contribution in [0.15, 0.2) is 40.9 Å². The van der Waals surface area contributed by atoms with Crippen LogP contribution >= 0.6 is 27.5 Å². The van der Waals surface area contributed by atoms with Crippen molar-refractivity contribution in [1.29, 1.82) is 0 Å². The Morgan fingerprint density at radius 3 is 2.44 bits per heavy atom. The number of halogens is 4. The lowest BCUT2D eigenvalue weighted by Gasteiger charge is -2.31. The zero-order valence-corrected chi connectivity index (χ0v) is 16.4. The van der Waals surface area contributed by atoms with E-state index < -0.39 is 23.5 Å². The van der Waals surface area contributed by atoms with E-state index in [1.807, 2.05) is 0 Å². The van der Waals surface area contributed by atoms with Gasteiger partial charge in [-0.1, -0.05) is 27.5 Å². The fourth-order valence-corrected chi connectivity index (χ4v) is 3.61. The van der Waals surface area contributed by atoms with Crippen molar-refractivity contribution >= 4 is 39.4 Å². The first-order chi connectivity index (χ1) is 12.8. The summed E-state index contributed by atoms with van der Waals surface area (Å²) in [5, 5.41) is 0.317. The van der Waals surface area contributed by atoms with Gasteiger partial charge in [0.1, 0.15) is 17.4 Å². The SMILES string of the molecule is O=C(Oc1ccc(Br)cc1Cl)C1CCN(C(=O)c2ccc(F)cc2F)CC1. The minimum Gasteiger partial charge on any atom is -0.425 e. The van der Waals surface area contributed by atoms with Crippen molar-refractivity contribution in [1.82, 2.24) is 4.90 Å². The van der Waals surface area contributed by atoms with Crippen molar-refractivity contribution in [2.45, 2.75) is 12.8 Å². The molecule has 1 saturated heterocycles. The molecule has 2 aromatic carbocycles. The molecule has 0 radical (unpaired) electrons. The normalized spacial score (nSPS) is 14.9.